The average Bonchev–Trinajstić information content (AvgIpc) is 3.32. The first-order chi connectivity index (χ1) is 18.8. The maximum Gasteiger partial charge on any atom is 0.409 e. The number of pyridine rings is 1. The van der Waals surface area contributed by atoms with Gasteiger partial charge in [0.1, 0.15) is 12.4 Å². The molecule has 0 aliphatic carbocycles. The van der Waals surface area contributed by atoms with Crippen LogP contribution < -0.4 is 10.9 Å². The SMILES string of the molecule is CCOC1CN(C(=O)OCCn2ccccc2=O)CC1Nc1nc(CC)c(-c2ccc(Cl)cc2Cl)nc1CC. The number of nitrogens with one attached hydrogen (secondary N) is 1. The summed E-state index contributed by atoms with van der Waals surface area (Å²) in [6, 6.07) is 10.1. The smallest absolute Gasteiger partial charge is 0.409 e. The Balaban J connectivity index is 1.49. The van der Waals surface area contributed by atoms with Gasteiger partial charge in [0.2, 0.25) is 0 Å². The summed E-state index contributed by atoms with van der Waals surface area (Å²) in [6.45, 7) is 7.61. The van der Waals surface area contributed by atoms with Gasteiger partial charge < -0.3 is 24.3 Å². The largest absolute Gasteiger partial charge is 0.448 e. The molecule has 0 spiro atoms. The zero-order chi connectivity index (χ0) is 27.9. The fourth-order valence-electron chi connectivity index (χ4n) is 4.60. The van der Waals surface area contributed by atoms with E-state index in [0.29, 0.717) is 48.4 Å². The molecule has 2 aromatic heterocycles. The van der Waals surface area contributed by atoms with Crippen LogP contribution in [-0.4, -0.2) is 64.0 Å². The molecule has 39 heavy (non-hydrogen) atoms. The molecule has 3 heterocycles. The van der Waals surface area contributed by atoms with Crippen LogP contribution in [0.5, 0.6) is 0 Å². The van der Waals surface area contributed by atoms with Gasteiger partial charge in [0, 0.05) is 36.0 Å². The minimum absolute atomic E-state index is 0.0939. The van der Waals surface area contributed by atoms with Crippen molar-refractivity contribution in [3.05, 3.63) is 74.4 Å². The molecule has 2 atom stereocenters. The third kappa shape index (κ3) is 6.90. The second kappa shape index (κ2) is 13.3. The normalized spacial score (nSPS) is 16.9. The molecule has 0 bridgehead atoms. The van der Waals surface area contributed by atoms with E-state index < -0.39 is 6.09 Å². The van der Waals surface area contributed by atoms with Gasteiger partial charge in [-0.2, -0.15) is 0 Å². The average molecular weight is 575 g/mol. The Kier molecular flexibility index (Phi) is 9.83. The number of rotatable bonds is 10. The number of anilines is 1. The van der Waals surface area contributed by atoms with E-state index in [9.17, 15) is 9.59 Å². The summed E-state index contributed by atoms with van der Waals surface area (Å²) in [5, 5.41) is 4.58. The van der Waals surface area contributed by atoms with Crippen LogP contribution >= 0.6 is 23.2 Å². The highest BCUT2D eigenvalue weighted by Crippen LogP contribution is 2.33. The van der Waals surface area contributed by atoms with Crippen LogP contribution in [0.2, 0.25) is 10.0 Å². The van der Waals surface area contributed by atoms with Gasteiger partial charge in [-0.1, -0.05) is 43.1 Å². The number of halogens is 2. The molecule has 208 valence electrons. The highest BCUT2D eigenvalue weighted by atomic mass is 35.5. The quantitative estimate of drug-likeness (QED) is 0.361. The summed E-state index contributed by atoms with van der Waals surface area (Å²) in [7, 11) is 0. The number of hydrogen-bond acceptors (Lipinski definition) is 7. The number of likely N-dealkylation sites (tertiary alicyclic amines) is 1. The van der Waals surface area contributed by atoms with Gasteiger partial charge in [-0.3, -0.25) is 4.79 Å². The van der Waals surface area contributed by atoms with Crippen LogP contribution in [-0.2, 0) is 28.9 Å². The Bertz CT molecular complexity index is 1370. The minimum atomic E-state index is -0.447. The molecule has 1 aliphatic heterocycles. The van der Waals surface area contributed by atoms with Crippen LogP contribution in [0.15, 0.2) is 47.4 Å². The lowest BCUT2D eigenvalue weighted by atomic mass is 10.1. The Morgan fingerprint density at radius 2 is 1.87 bits per heavy atom. The van der Waals surface area contributed by atoms with E-state index in [-0.39, 0.29) is 30.9 Å². The molecule has 1 N–H and O–H groups in total. The van der Waals surface area contributed by atoms with Gasteiger partial charge in [0.15, 0.2) is 0 Å². The zero-order valence-electron chi connectivity index (χ0n) is 22.3. The first kappa shape index (κ1) is 28.9. The van der Waals surface area contributed by atoms with Crippen molar-refractivity contribution in [2.45, 2.75) is 52.3 Å². The lowest BCUT2D eigenvalue weighted by Gasteiger charge is -2.22. The molecule has 9 nitrogen and oxygen atoms in total. The summed E-state index contributed by atoms with van der Waals surface area (Å²) in [5.41, 5.74) is 2.97. The Morgan fingerprint density at radius 1 is 1.08 bits per heavy atom. The number of hydrogen-bond donors (Lipinski definition) is 1. The molecular weight excluding hydrogens is 541 g/mol. The van der Waals surface area contributed by atoms with E-state index in [1.54, 1.807) is 35.4 Å². The van der Waals surface area contributed by atoms with Gasteiger partial charge in [-0.25, -0.2) is 14.8 Å². The topological polar surface area (TPSA) is 98.6 Å². The van der Waals surface area contributed by atoms with Gasteiger partial charge in [-0.05, 0) is 44.0 Å². The molecule has 1 saturated heterocycles. The van der Waals surface area contributed by atoms with Crippen molar-refractivity contribution in [1.29, 1.82) is 0 Å². The van der Waals surface area contributed by atoms with Crippen molar-refractivity contribution in [1.82, 2.24) is 19.4 Å². The van der Waals surface area contributed by atoms with Crippen molar-refractivity contribution < 1.29 is 14.3 Å². The van der Waals surface area contributed by atoms with Crippen molar-refractivity contribution in [2.24, 2.45) is 0 Å². The number of amides is 1. The van der Waals surface area contributed by atoms with Gasteiger partial charge in [-0.15, -0.1) is 0 Å². The van der Waals surface area contributed by atoms with Gasteiger partial charge >= 0.3 is 6.09 Å². The number of aryl methyl sites for hydroxylation is 2. The Morgan fingerprint density at radius 3 is 2.56 bits per heavy atom. The molecule has 0 saturated carbocycles. The fourth-order valence-corrected chi connectivity index (χ4v) is 5.10. The van der Waals surface area contributed by atoms with E-state index in [0.717, 1.165) is 22.6 Å². The molecule has 2 unspecified atom stereocenters. The second-order valence-electron chi connectivity index (χ2n) is 9.14. The first-order valence-electron chi connectivity index (χ1n) is 13.1. The Hall–Kier alpha value is -3.14. The third-order valence-electron chi connectivity index (χ3n) is 6.58. The van der Waals surface area contributed by atoms with Crippen LogP contribution in [0, 0.1) is 0 Å². The van der Waals surface area contributed by atoms with Crippen molar-refractivity contribution >= 4 is 35.1 Å². The second-order valence-corrected chi connectivity index (χ2v) is 9.99. The maximum absolute atomic E-state index is 12.8. The third-order valence-corrected chi connectivity index (χ3v) is 7.13. The molecule has 1 aromatic carbocycles. The molecule has 1 aliphatic rings. The summed E-state index contributed by atoms with van der Waals surface area (Å²) < 4.78 is 12.9. The zero-order valence-corrected chi connectivity index (χ0v) is 23.8. The van der Waals surface area contributed by atoms with Gasteiger partial charge in [0.05, 0.1) is 47.3 Å². The van der Waals surface area contributed by atoms with Crippen LogP contribution in [0.25, 0.3) is 11.3 Å². The standard InChI is InChI=1S/C28H33Cl2N5O4/c1-4-21-26(19-11-10-18(29)15-20(19)30)31-22(5-2)27(32-21)33-23-16-35(17-24(23)38-6-3)28(37)39-14-13-34-12-8-7-9-25(34)36/h7-12,15,23-24H,4-6,13-14,16-17H2,1-3H3,(H,32,33). The predicted octanol–water partition coefficient (Wildman–Crippen LogP) is 5.07. The summed E-state index contributed by atoms with van der Waals surface area (Å²) in [4.78, 5) is 36.2. The number of carbonyl (C=O) groups is 1. The van der Waals surface area contributed by atoms with E-state index in [2.05, 4.69) is 5.32 Å². The molecule has 4 rings (SSSR count). The van der Waals surface area contributed by atoms with E-state index in [1.807, 2.05) is 26.8 Å². The maximum atomic E-state index is 12.8. The van der Waals surface area contributed by atoms with Gasteiger partial charge in [0.25, 0.3) is 5.56 Å². The number of carbonyl (C=O) groups excluding carboxylic acids is 1. The van der Waals surface area contributed by atoms with Crippen LogP contribution in [0.1, 0.15) is 32.2 Å². The number of nitrogens with zero attached hydrogens (tertiary/aromatic N) is 4. The highest BCUT2D eigenvalue weighted by molar-refractivity contribution is 6.36. The monoisotopic (exact) mass is 573 g/mol. The minimum Gasteiger partial charge on any atom is -0.448 e. The van der Waals surface area contributed by atoms with Crippen molar-refractivity contribution in [2.75, 3.05) is 31.6 Å². The Labute approximate surface area is 238 Å². The lowest BCUT2D eigenvalue weighted by molar-refractivity contribution is 0.0585. The molecule has 1 fully saturated rings. The van der Waals surface area contributed by atoms with Crippen molar-refractivity contribution in [3.63, 3.8) is 0 Å². The molecule has 3 aromatic rings. The summed E-state index contributed by atoms with van der Waals surface area (Å²) >= 11 is 12.6. The molecular formula is C28H33Cl2N5O4. The van der Waals surface area contributed by atoms with E-state index in [4.69, 9.17) is 42.6 Å². The van der Waals surface area contributed by atoms with Crippen LogP contribution in [0.3, 0.4) is 0 Å². The molecule has 1 amide bonds. The number of aromatic nitrogens is 3. The first-order valence-corrected chi connectivity index (χ1v) is 13.9. The molecule has 11 heteroatoms. The number of benzene rings is 1. The summed E-state index contributed by atoms with van der Waals surface area (Å²) in [6.07, 6.45) is 2.27. The predicted molar refractivity (Wildman–Crippen MR) is 153 cm³/mol. The highest BCUT2D eigenvalue weighted by Gasteiger charge is 2.37. The van der Waals surface area contributed by atoms with Crippen LogP contribution in [0.4, 0.5) is 10.6 Å². The molecule has 0 radical (unpaired) electrons. The fraction of sp³-hybridized carbons (Fsp3) is 0.429. The summed E-state index contributed by atoms with van der Waals surface area (Å²) in [5.74, 6) is 0.663. The van der Waals surface area contributed by atoms with E-state index in [1.165, 1.54) is 10.6 Å². The lowest BCUT2D eigenvalue weighted by Crippen LogP contribution is -2.35. The van der Waals surface area contributed by atoms with Crippen molar-refractivity contribution in [3.8, 4) is 11.3 Å². The number of ether oxygens (including phenoxy) is 2. The van der Waals surface area contributed by atoms with E-state index >= 15 is 0 Å².